The SMILES string of the molecule is CN(C)c1ccc(CNCCCCN2C(=O)c3ccccc3C2=O)cc1. The summed E-state index contributed by atoms with van der Waals surface area (Å²) in [4.78, 5) is 28.0. The Morgan fingerprint density at radius 2 is 1.50 bits per heavy atom. The molecule has 0 bridgehead atoms. The first-order valence-electron chi connectivity index (χ1n) is 9.00. The van der Waals surface area contributed by atoms with Crippen LogP contribution in [0.25, 0.3) is 0 Å². The molecular weight excluding hydrogens is 326 g/mol. The fourth-order valence-corrected chi connectivity index (χ4v) is 3.11. The molecule has 0 radical (unpaired) electrons. The highest BCUT2D eigenvalue weighted by molar-refractivity contribution is 6.21. The summed E-state index contributed by atoms with van der Waals surface area (Å²) in [5.74, 6) is -0.334. The summed E-state index contributed by atoms with van der Waals surface area (Å²) in [5, 5.41) is 3.41. The zero-order valence-corrected chi connectivity index (χ0v) is 15.4. The molecule has 0 aromatic heterocycles. The van der Waals surface area contributed by atoms with Crippen molar-refractivity contribution in [2.45, 2.75) is 19.4 Å². The molecule has 0 atom stereocenters. The molecular formula is C21H25N3O2. The number of rotatable bonds is 8. The first-order chi connectivity index (χ1) is 12.6. The van der Waals surface area contributed by atoms with Crippen molar-refractivity contribution in [2.24, 2.45) is 0 Å². The van der Waals surface area contributed by atoms with Gasteiger partial charge in [-0.2, -0.15) is 0 Å². The van der Waals surface area contributed by atoms with Gasteiger partial charge in [0.1, 0.15) is 0 Å². The van der Waals surface area contributed by atoms with Crippen molar-refractivity contribution in [3.05, 3.63) is 65.2 Å². The summed E-state index contributed by atoms with van der Waals surface area (Å²) in [5.41, 5.74) is 3.49. The van der Waals surface area contributed by atoms with Crippen molar-refractivity contribution in [1.82, 2.24) is 10.2 Å². The first kappa shape index (κ1) is 18.1. The van der Waals surface area contributed by atoms with Crippen LogP contribution in [0, 0.1) is 0 Å². The number of hydrogen-bond donors (Lipinski definition) is 1. The molecule has 2 aromatic rings. The monoisotopic (exact) mass is 351 g/mol. The summed E-state index contributed by atoms with van der Waals surface area (Å²) in [6, 6.07) is 15.5. The van der Waals surface area contributed by atoms with Crippen molar-refractivity contribution in [3.8, 4) is 0 Å². The van der Waals surface area contributed by atoms with Crippen LogP contribution in [0.4, 0.5) is 5.69 Å². The predicted molar refractivity (Wildman–Crippen MR) is 104 cm³/mol. The molecule has 1 N–H and O–H groups in total. The van der Waals surface area contributed by atoms with Crippen LogP contribution in [0.5, 0.6) is 0 Å². The smallest absolute Gasteiger partial charge is 0.261 e. The van der Waals surface area contributed by atoms with Gasteiger partial charge in [0.05, 0.1) is 11.1 Å². The normalized spacial score (nSPS) is 13.2. The van der Waals surface area contributed by atoms with Gasteiger partial charge in [0.2, 0.25) is 0 Å². The third-order valence-corrected chi connectivity index (χ3v) is 4.65. The number of fused-ring (bicyclic) bond motifs is 1. The number of imide groups is 1. The summed E-state index contributed by atoms with van der Waals surface area (Å²) in [6.07, 6.45) is 1.72. The quantitative estimate of drug-likeness (QED) is 0.587. The first-order valence-corrected chi connectivity index (χ1v) is 9.00. The van der Waals surface area contributed by atoms with Crippen LogP contribution in [0.2, 0.25) is 0 Å². The standard InChI is InChI=1S/C21H25N3O2/c1-23(2)17-11-9-16(10-12-17)15-22-13-5-6-14-24-20(25)18-7-3-4-8-19(18)21(24)26/h3-4,7-12,22H,5-6,13-15H2,1-2H3. The van der Waals surface area contributed by atoms with Crippen molar-refractivity contribution in [1.29, 1.82) is 0 Å². The maximum Gasteiger partial charge on any atom is 0.261 e. The lowest BCUT2D eigenvalue weighted by molar-refractivity contribution is 0.0651. The van der Waals surface area contributed by atoms with E-state index in [2.05, 4.69) is 34.5 Å². The number of carbonyl (C=O) groups is 2. The summed E-state index contributed by atoms with van der Waals surface area (Å²) < 4.78 is 0. The number of unbranched alkanes of at least 4 members (excludes halogenated alkanes) is 1. The van der Waals surface area contributed by atoms with Gasteiger partial charge >= 0.3 is 0 Å². The lowest BCUT2D eigenvalue weighted by Crippen LogP contribution is -2.31. The fourth-order valence-electron chi connectivity index (χ4n) is 3.11. The van der Waals surface area contributed by atoms with E-state index in [0.717, 1.165) is 25.9 Å². The number of nitrogens with one attached hydrogen (secondary N) is 1. The molecule has 3 rings (SSSR count). The largest absolute Gasteiger partial charge is 0.378 e. The Bertz CT molecular complexity index is 749. The Morgan fingerprint density at radius 3 is 2.08 bits per heavy atom. The van der Waals surface area contributed by atoms with Crippen LogP contribution in [0.1, 0.15) is 39.1 Å². The van der Waals surface area contributed by atoms with E-state index in [1.807, 2.05) is 14.1 Å². The maximum atomic E-state index is 12.3. The van der Waals surface area contributed by atoms with Gasteiger partial charge in [0.15, 0.2) is 0 Å². The van der Waals surface area contributed by atoms with E-state index in [1.165, 1.54) is 16.2 Å². The zero-order valence-electron chi connectivity index (χ0n) is 15.4. The van der Waals surface area contributed by atoms with Gasteiger partial charge < -0.3 is 10.2 Å². The van der Waals surface area contributed by atoms with Gasteiger partial charge in [0.25, 0.3) is 11.8 Å². The van der Waals surface area contributed by atoms with Crippen LogP contribution in [-0.4, -0.2) is 43.9 Å². The Balaban J connectivity index is 1.37. The van der Waals surface area contributed by atoms with Crippen LogP contribution in [-0.2, 0) is 6.54 Å². The highest BCUT2D eigenvalue weighted by Crippen LogP contribution is 2.22. The molecule has 1 aliphatic heterocycles. The van der Waals surface area contributed by atoms with Crippen molar-refractivity contribution >= 4 is 17.5 Å². The average Bonchev–Trinajstić information content (AvgIpc) is 2.90. The minimum atomic E-state index is -0.167. The second-order valence-electron chi connectivity index (χ2n) is 6.75. The molecule has 26 heavy (non-hydrogen) atoms. The Labute approximate surface area is 154 Å². The Hall–Kier alpha value is -2.66. The molecule has 1 aliphatic rings. The van der Waals surface area contributed by atoms with Crippen molar-refractivity contribution in [3.63, 3.8) is 0 Å². The molecule has 2 amide bonds. The Morgan fingerprint density at radius 1 is 0.885 bits per heavy atom. The van der Waals surface area contributed by atoms with Gasteiger partial charge in [-0.1, -0.05) is 24.3 Å². The minimum Gasteiger partial charge on any atom is -0.378 e. The minimum absolute atomic E-state index is 0.167. The van der Waals surface area contributed by atoms with E-state index >= 15 is 0 Å². The third-order valence-electron chi connectivity index (χ3n) is 4.65. The highest BCUT2D eigenvalue weighted by atomic mass is 16.2. The molecule has 0 aliphatic carbocycles. The molecule has 5 nitrogen and oxygen atoms in total. The topological polar surface area (TPSA) is 52.6 Å². The summed E-state index contributed by atoms with van der Waals surface area (Å²) >= 11 is 0. The maximum absolute atomic E-state index is 12.3. The molecule has 0 spiro atoms. The van der Waals surface area contributed by atoms with Gasteiger partial charge in [-0.25, -0.2) is 0 Å². The number of hydrogen-bond acceptors (Lipinski definition) is 4. The third kappa shape index (κ3) is 3.94. The summed E-state index contributed by atoms with van der Waals surface area (Å²) in [6.45, 7) is 2.16. The van der Waals surface area contributed by atoms with Gasteiger partial charge in [-0.15, -0.1) is 0 Å². The molecule has 0 unspecified atom stereocenters. The number of carbonyl (C=O) groups excluding carboxylic acids is 2. The van der Waals surface area contributed by atoms with Crippen molar-refractivity contribution < 1.29 is 9.59 Å². The van der Waals surface area contributed by atoms with Crippen LogP contribution in [0.15, 0.2) is 48.5 Å². The summed E-state index contributed by atoms with van der Waals surface area (Å²) in [7, 11) is 4.06. The second-order valence-corrected chi connectivity index (χ2v) is 6.75. The van der Waals surface area contributed by atoms with E-state index in [1.54, 1.807) is 24.3 Å². The van der Waals surface area contributed by atoms with Gasteiger partial charge in [-0.05, 0) is 49.2 Å². The molecule has 5 heteroatoms. The number of nitrogens with zero attached hydrogens (tertiary/aromatic N) is 2. The molecule has 0 saturated heterocycles. The number of benzene rings is 2. The Kier molecular flexibility index (Phi) is 5.68. The van der Waals surface area contributed by atoms with E-state index in [-0.39, 0.29) is 11.8 Å². The predicted octanol–water partition coefficient (Wildman–Crippen LogP) is 2.92. The van der Waals surface area contributed by atoms with E-state index in [0.29, 0.717) is 17.7 Å². The molecule has 136 valence electrons. The second kappa shape index (κ2) is 8.15. The van der Waals surface area contributed by atoms with E-state index in [9.17, 15) is 9.59 Å². The van der Waals surface area contributed by atoms with Gasteiger partial charge in [0, 0.05) is 32.9 Å². The number of anilines is 1. The average molecular weight is 351 g/mol. The van der Waals surface area contributed by atoms with Crippen LogP contribution in [0.3, 0.4) is 0 Å². The van der Waals surface area contributed by atoms with Gasteiger partial charge in [-0.3, -0.25) is 14.5 Å². The molecule has 0 saturated carbocycles. The van der Waals surface area contributed by atoms with E-state index in [4.69, 9.17) is 0 Å². The molecule has 2 aromatic carbocycles. The number of amides is 2. The molecule has 0 fully saturated rings. The lowest BCUT2D eigenvalue weighted by atomic mass is 10.1. The van der Waals surface area contributed by atoms with Crippen LogP contribution < -0.4 is 10.2 Å². The molecule has 1 heterocycles. The van der Waals surface area contributed by atoms with Crippen molar-refractivity contribution in [2.75, 3.05) is 32.1 Å². The highest BCUT2D eigenvalue weighted by Gasteiger charge is 2.34. The zero-order chi connectivity index (χ0) is 18.5. The van der Waals surface area contributed by atoms with Crippen LogP contribution >= 0.6 is 0 Å². The fraction of sp³-hybridized carbons (Fsp3) is 0.333. The van der Waals surface area contributed by atoms with E-state index < -0.39 is 0 Å². The lowest BCUT2D eigenvalue weighted by Gasteiger charge is -2.14.